The zero-order valence-electron chi connectivity index (χ0n) is 11.6. The van der Waals surface area contributed by atoms with Gasteiger partial charge in [-0.1, -0.05) is 6.92 Å². The van der Waals surface area contributed by atoms with Crippen LogP contribution in [-0.2, 0) is 5.54 Å². The van der Waals surface area contributed by atoms with Gasteiger partial charge in [-0.2, -0.15) is 0 Å². The molecule has 0 bridgehead atoms. The van der Waals surface area contributed by atoms with Gasteiger partial charge < -0.3 is 10.5 Å². The first-order valence-electron chi connectivity index (χ1n) is 6.91. The molecule has 3 heteroatoms. The summed E-state index contributed by atoms with van der Waals surface area (Å²) in [6.07, 6.45) is 8.31. The molecule has 1 aliphatic carbocycles. The lowest BCUT2D eigenvalue weighted by Gasteiger charge is -2.36. The minimum absolute atomic E-state index is 0.169. The molecule has 1 aromatic heterocycles. The highest BCUT2D eigenvalue weighted by Gasteiger charge is 2.32. The summed E-state index contributed by atoms with van der Waals surface area (Å²) in [5.74, 6) is 1.62. The number of hydrogen-bond donors (Lipinski definition) is 1. The van der Waals surface area contributed by atoms with E-state index >= 15 is 0 Å². The fourth-order valence-electron chi connectivity index (χ4n) is 2.59. The molecule has 18 heavy (non-hydrogen) atoms. The van der Waals surface area contributed by atoms with E-state index in [0.717, 1.165) is 30.1 Å². The Bertz CT molecular complexity index is 395. The fraction of sp³-hybridized carbons (Fsp3) is 0.667. The van der Waals surface area contributed by atoms with Crippen molar-refractivity contribution in [3.63, 3.8) is 0 Å². The summed E-state index contributed by atoms with van der Waals surface area (Å²) in [6, 6.07) is 2.06. The molecule has 1 saturated carbocycles. The van der Waals surface area contributed by atoms with Crippen molar-refractivity contribution in [2.45, 2.75) is 58.1 Å². The Morgan fingerprint density at radius 2 is 2.00 bits per heavy atom. The summed E-state index contributed by atoms with van der Waals surface area (Å²) in [7, 11) is 0. The maximum atomic E-state index is 6.55. The van der Waals surface area contributed by atoms with E-state index < -0.39 is 0 Å². The number of hydrogen-bond acceptors (Lipinski definition) is 3. The normalized spacial score (nSPS) is 28.4. The van der Waals surface area contributed by atoms with Gasteiger partial charge in [-0.15, -0.1) is 0 Å². The van der Waals surface area contributed by atoms with Crippen LogP contribution in [0, 0.1) is 5.92 Å². The molecular weight excluding hydrogens is 224 g/mol. The van der Waals surface area contributed by atoms with Crippen molar-refractivity contribution in [2.75, 3.05) is 0 Å². The predicted octanol–water partition coefficient (Wildman–Crippen LogP) is 3.23. The summed E-state index contributed by atoms with van der Waals surface area (Å²) < 4.78 is 5.69. The summed E-state index contributed by atoms with van der Waals surface area (Å²) in [6.45, 7) is 6.34. The second kappa shape index (κ2) is 5.27. The fourth-order valence-corrected chi connectivity index (χ4v) is 2.59. The van der Waals surface area contributed by atoms with Gasteiger partial charge in [0.15, 0.2) is 0 Å². The van der Waals surface area contributed by atoms with Gasteiger partial charge in [0.05, 0.1) is 12.3 Å². The number of ether oxygens (including phenoxy) is 1. The molecular formula is C15H24N2O. The number of nitrogens with zero attached hydrogens (tertiary/aromatic N) is 1. The van der Waals surface area contributed by atoms with E-state index in [2.05, 4.69) is 18.0 Å². The lowest BCUT2D eigenvalue weighted by Crippen LogP contribution is -2.40. The topological polar surface area (TPSA) is 48.1 Å². The third kappa shape index (κ3) is 3.02. The number of pyridine rings is 1. The number of aromatic nitrogens is 1. The highest BCUT2D eigenvalue weighted by Crippen LogP contribution is 2.37. The zero-order valence-corrected chi connectivity index (χ0v) is 11.6. The molecule has 0 saturated heterocycles. The highest BCUT2D eigenvalue weighted by atomic mass is 16.5. The van der Waals surface area contributed by atoms with Gasteiger partial charge in [-0.25, -0.2) is 0 Å². The van der Waals surface area contributed by atoms with Gasteiger partial charge in [-0.3, -0.25) is 4.98 Å². The van der Waals surface area contributed by atoms with Gasteiger partial charge in [0.25, 0.3) is 0 Å². The Kier molecular flexibility index (Phi) is 3.91. The molecule has 100 valence electrons. The lowest BCUT2D eigenvalue weighted by molar-refractivity contribution is 0.233. The largest absolute Gasteiger partial charge is 0.489 e. The molecule has 0 unspecified atom stereocenters. The molecule has 1 aromatic rings. The van der Waals surface area contributed by atoms with Crippen molar-refractivity contribution < 1.29 is 4.74 Å². The van der Waals surface area contributed by atoms with Crippen LogP contribution in [0.15, 0.2) is 18.5 Å². The quantitative estimate of drug-likeness (QED) is 0.893. The molecule has 0 aliphatic heterocycles. The van der Waals surface area contributed by atoms with Gasteiger partial charge >= 0.3 is 0 Å². The SMILES string of the molecule is CC1CCC(N)(c2cncc(OC(C)C)c2)CC1. The van der Waals surface area contributed by atoms with Gasteiger partial charge in [0.2, 0.25) is 0 Å². The minimum Gasteiger partial charge on any atom is -0.489 e. The van der Waals surface area contributed by atoms with Crippen LogP contribution in [0.1, 0.15) is 52.0 Å². The molecule has 1 aliphatic rings. The van der Waals surface area contributed by atoms with Gasteiger partial charge in [-0.05, 0) is 57.1 Å². The van der Waals surface area contributed by atoms with E-state index in [1.165, 1.54) is 12.8 Å². The Morgan fingerprint density at radius 3 is 2.61 bits per heavy atom. The average Bonchev–Trinajstić information content (AvgIpc) is 2.33. The summed E-state index contributed by atoms with van der Waals surface area (Å²) in [4.78, 5) is 4.27. The van der Waals surface area contributed by atoms with Crippen LogP contribution in [0.3, 0.4) is 0 Å². The monoisotopic (exact) mass is 248 g/mol. The van der Waals surface area contributed by atoms with E-state index in [-0.39, 0.29) is 11.6 Å². The molecule has 0 amide bonds. The molecule has 2 N–H and O–H groups in total. The molecule has 1 heterocycles. The maximum Gasteiger partial charge on any atom is 0.138 e. The minimum atomic E-state index is -0.212. The van der Waals surface area contributed by atoms with Crippen LogP contribution in [0.25, 0.3) is 0 Å². The van der Waals surface area contributed by atoms with Crippen LogP contribution in [0.4, 0.5) is 0 Å². The van der Waals surface area contributed by atoms with Gasteiger partial charge in [0, 0.05) is 11.7 Å². The standard InChI is InChI=1S/C15H24N2O/c1-11(2)18-14-8-13(9-17-10-14)15(16)6-4-12(3)5-7-15/h8-12H,4-7,16H2,1-3H3. The third-order valence-electron chi connectivity index (χ3n) is 3.83. The first-order chi connectivity index (χ1) is 8.49. The molecule has 0 radical (unpaired) electrons. The number of rotatable bonds is 3. The van der Waals surface area contributed by atoms with Crippen molar-refractivity contribution in [3.8, 4) is 5.75 Å². The molecule has 0 spiro atoms. The first kappa shape index (κ1) is 13.3. The predicted molar refractivity (Wildman–Crippen MR) is 73.5 cm³/mol. The number of nitrogens with two attached hydrogens (primary N) is 1. The summed E-state index contributed by atoms with van der Waals surface area (Å²) in [5, 5.41) is 0. The first-order valence-corrected chi connectivity index (χ1v) is 6.91. The van der Waals surface area contributed by atoms with E-state index in [9.17, 15) is 0 Å². The summed E-state index contributed by atoms with van der Waals surface area (Å²) >= 11 is 0. The Morgan fingerprint density at radius 1 is 1.33 bits per heavy atom. The van der Waals surface area contributed by atoms with Crippen molar-refractivity contribution in [3.05, 3.63) is 24.0 Å². The van der Waals surface area contributed by atoms with Crippen LogP contribution < -0.4 is 10.5 Å². The van der Waals surface area contributed by atoms with Crippen molar-refractivity contribution in [1.29, 1.82) is 0 Å². The molecule has 0 atom stereocenters. The zero-order chi connectivity index (χ0) is 13.2. The Balaban J connectivity index is 2.17. The molecule has 3 nitrogen and oxygen atoms in total. The highest BCUT2D eigenvalue weighted by molar-refractivity contribution is 5.29. The second-order valence-electron chi connectivity index (χ2n) is 5.91. The van der Waals surface area contributed by atoms with E-state index in [4.69, 9.17) is 10.5 Å². The van der Waals surface area contributed by atoms with Crippen LogP contribution in [-0.4, -0.2) is 11.1 Å². The molecule has 0 aromatic carbocycles. The third-order valence-corrected chi connectivity index (χ3v) is 3.83. The van der Waals surface area contributed by atoms with Crippen LogP contribution in [0.5, 0.6) is 5.75 Å². The van der Waals surface area contributed by atoms with E-state index in [0.29, 0.717) is 0 Å². The smallest absolute Gasteiger partial charge is 0.138 e. The molecule has 1 fully saturated rings. The molecule has 2 rings (SSSR count). The van der Waals surface area contributed by atoms with E-state index in [1.807, 2.05) is 20.0 Å². The second-order valence-corrected chi connectivity index (χ2v) is 5.91. The summed E-state index contributed by atoms with van der Waals surface area (Å²) in [5.41, 5.74) is 7.45. The van der Waals surface area contributed by atoms with Crippen molar-refractivity contribution in [2.24, 2.45) is 11.7 Å². The van der Waals surface area contributed by atoms with Crippen molar-refractivity contribution in [1.82, 2.24) is 4.98 Å². The van der Waals surface area contributed by atoms with E-state index in [1.54, 1.807) is 6.20 Å². The van der Waals surface area contributed by atoms with Gasteiger partial charge in [0.1, 0.15) is 5.75 Å². The maximum absolute atomic E-state index is 6.55. The van der Waals surface area contributed by atoms with Crippen LogP contribution >= 0.6 is 0 Å². The van der Waals surface area contributed by atoms with Crippen LogP contribution in [0.2, 0.25) is 0 Å². The lowest BCUT2D eigenvalue weighted by atomic mass is 9.74. The average molecular weight is 248 g/mol. The van der Waals surface area contributed by atoms with Crippen molar-refractivity contribution >= 4 is 0 Å². The Hall–Kier alpha value is -1.09. The Labute approximate surface area is 110 Å².